The molecule has 70 valence electrons. The fourth-order valence-electron chi connectivity index (χ4n) is 3.34. The van der Waals surface area contributed by atoms with Gasteiger partial charge in [-0.15, -0.1) is 0 Å². The second kappa shape index (κ2) is 2.05. The highest BCUT2D eigenvalue weighted by Gasteiger charge is 2.64. The second-order valence-corrected chi connectivity index (χ2v) is 4.26. The van der Waals surface area contributed by atoms with E-state index in [2.05, 4.69) is 0 Å². The topological polar surface area (TPSA) is 63.6 Å². The summed E-state index contributed by atoms with van der Waals surface area (Å²) in [4.78, 5) is 22.2. The van der Waals surface area contributed by atoms with Gasteiger partial charge in [-0.25, -0.2) is 0 Å². The number of fused-ring (bicyclic) bond motifs is 1. The zero-order valence-corrected chi connectivity index (χ0v) is 6.97. The van der Waals surface area contributed by atoms with Gasteiger partial charge < -0.3 is 9.84 Å². The number of ether oxygens (including phenoxy) is 1. The van der Waals surface area contributed by atoms with Crippen molar-refractivity contribution in [3.05, 3.63) is 0 Å². The van der Waals surface area contributed by atoms with Gasteiger partial charge in [0.15, 0.2) is 0 Å². The van der Waals surface area contributed by atoms with Gasteiger partial charge in [0.25, 0.3) is 0 Å². The number of carboxylic acid groups (broad SMARTS) is 1. The highest BCUT2D eigenvalue weighted by molar-refractivity contribution is 5.84. The van der Waals surface area contributed by atoms with Crippen LogP contribution in [0.15, 0.2) is 0 Å². The minimum absolute atomic E-state index is 0.0399. The van der Waals surface area contributed by atoms with E-state index in [0.29, 0.717) is 0 Å². The lowest BCUT2D eigenvalue weighted by molar-refractivity contribution is -0.151. The van der Waals surface area contributed by atoms with Crippen molar-refractivity contribution < 1.29 is 19.4 Å². The zero-order chi connectivity index (χ0) is 9.16. The molecule has 1 N–H and O–H groups in total. The molecular formula is C9H10O4. The molecule has 3 fully saturated rings. The molecule has 4 heteroatoms. The summed E-state index contributed by atoms with van der Waals surface area (Å²) >= 11 is 0. The van der Waals surface area contributed by atoms with Crippen molar-refractivity contribution in [2.24, 2.45) is 23.7 Å². The Morgan fingerprint density at radius 1 is 1.46 bits per heavy atom. The molecule has 5 atom stereocenters. The Morgan fingerprint density at radius 3 is 2.92 bits per heavy atom. The maximum Gasteiger partial charge on any atom is 0.310 e. The molecular weight excluding hydrogens is 172 g/mol. The fourth-order valence-corrected chi connectivity index (χ4v) is 3.34. The Morgan fingerprint density at radius 2 is 2.23 bits per heavy atom. The van der Waals surface area contributed by atoms with E-state index < -0.39 is 11.9 Å². The number of esters is 1. The minimum Gasteiger partial charge on any atom is -0.481 e. The summed E-state index contributed by atoms with van der Waals surface area (Å²) in [6, 6.07) is 0. The maximum atomic E-state index is 11.3. The van der Waals surface area contributed by atoms with Crippen LogP contribution in [0, 0.1) is 23.7 Å². The Hall–Kier alpha value is -1.06. The number of carbonyl (C=O) groups excluding carboxylic acids is 1. The van der Waals surface area contributed by atoms with E-state index in [-0.39, 0.29) is 29.8 Å². The van der Waals surface area contributed by atoms with Gasteiger partial charge in [-0.1, -0.05) is 0 Å². The third-order valence-electron chi connectivity index (χ3n) is 3.77. The van der Waals surface area contributed by atoms with Gasteiger partial charge in [-0.2, -0.15) is 0 Å². The van der Waals surface area contributed by atoms with Gasteiger partial charge in [0, 0.05) is 5.92 Å². The van der Waals surface area contributed by atoms with Crippen LogP contribution in [0.25, 0.3) is 0 Å². The van der Waals surface area contributed by atoms with E-state index in [4.69, 9.17) is 9.84 Å². The van der Waals surface area contributed by atoms with Gasteiger partial charge in [0.2, 0.25) is 0 Å². The van der Waals surface area contributed by atoms with E-state index in [1.54, 1.807) is 0 Å². The molecule has 3 rings (SSSR count). The van der Waals surface area contributed by atoms with Crippen LogP contribution in [0.3, 0.4) is 0 Å². The largest absolute Gasteiger partial charge is 0.481 e. The van der Waals surface area contributed by atoms with E-state index in [1.807, 2.05) is 0 Å². The standard InChI is InChI=1S/C9H10O4/c10-8(11)6-3-1-4-5(2-3)13-9(12)7(4)6/h3-7H,1-2H2,(H,10,11)/t3-,4-,5+,6?,7-/m0/s1. The van der Waals surface area contributed by atoms with Crippen molar-refractivity contribution in [3.8, 4) is 0 Å². The van der Waals surface area contributed by atoms with Crippen molar-refractivity contribution in [2.75, 3.05) is 0 Å². The van der Waals surface area contributed by atoms with Crippen LogP contribution in [0.5, 0.6) is 0 Å². The number of hydrogen-bond acceptors (Lipinski definition) is 3. The second-order valence-electron chi connectivity index (χ2n) is 4.26. The molecule has 2 bridgehead atoms. The molecule has 3 aliphatic rings. The van der Waals surface area contributed by atoms with Gasteiger partial charge >= 0.3 is 11.9 Å². The van der Waals surface area contributed by atoms with Crippen molar-refractivity contribution in [1.29, 1.82) is 0 Å². The Balaban J connectivity index is 2.01. The highest BCUT2D eigenvalue weighted by atomic mass is 16.6. The first-order valence-corrected chi connectivity index (χ1v) is 4.62. The van der Waals surface area contributed by atoms with Crippen LogP contribution >= 0.6 is 0 Å². The average molecular weight is 182 g/mol. The Kier molecular flexibility index (Phi) is 1.16. The number of rotatable bonds is 1. The van der Waals surface area contributed by atoms with Gasteiger partial charge in [0.05, 0.1) is 11.8 Å². The summed E-state index contributed by atoms with van der Waals surface area (Å²) in [6.45, 7) is 0. The zero-order valence-electron chi connectivity index (χ0n) is 6.97. The molecule has 1 heterocycles. The van der Waals surface area contributed by atoms with Crippen molar-refractivity contribution >= 4 is 11.9 Å². The van der Waals surface area contributed by atoms with Gasteiger partial charge in [0.1, 0.15) is 6.10 Å². The lowest BCUT2D eigenvalue weighted by atomic mass is 9.80. The van der Waals surface area contributed by atoms with Crippen LogP contribution < -0.4 is 0 Å². The quantitative estimate of drug-likeness (QED) is 0.591. The molecule has 2 aliphatic carbocycles. The van der Waals surface area contributed by atoms with Crippen LogP contribution in [0.4, 0.5) is 0 Å². The summed E-state index contributed by atoms with van der Waals surface area (Å²) in [5.74, 6) is -1.50. The average Bonchev–Trinajstić information content (AvgIpc) is 2.60. The van der Waals surface area contributed by atoms with E-state index in [9.17, 15) is 9.59 Å². The third-order valence-corrected chi connectivity index (χ3v) is 3.77. The summed E-state index contributed by atoms with van der Waals surface area (Å²) < 4.78 is 5.12. The number of carbonyl (C=O) groups is 2. The van der Waals surface area contributed by atoms with E-state index in [0.717, 1.165) is 12.8 Å². The lowest BCUT2D eigenvalue weighted by Crippen LogP contribution is -2.31. The molecule has 0 radical (unpaired) electrons. The first-order chi connectivity index (χ1) is 6.18. The summed E-state index contributed by atoms with van der Waals surface area (Å²) in [7, 11) is 0. The minimum atomic E-state index is -0.824. The normalized spacial score (nSPS) is 51.1. The predicted octanol–water partition coefficient (Wildman–Crippen LogP) is 0.269. The molecule has 0 aromatic heterocycles. The molecule has 1 saturated heterocycles. The smallest absolute Gasteiger partial charge is 0.310 e. The van der Waals surface area contributed by atoms with Crippen LogP contribution in [-0.2, 0) is 14.3 Å². The fraction of sp³-hybridized carbons (Fsp3) is 0.778. The van der Waals surface area contributed by atoms with Crippen molar-refractivity contribution in [3.63, 3.8) is 0 Å². The molecule has 0 aromatic rings. The van der Waals surface area contributed by atoms with E-state index >= 15 is 0 Å². The van der Waals surface area contributed by atoms with Crippen LogP contribution in [0.1, 0.15) is 12.8 Å². The summed E-state index contributed by atoms with van der Waals surface area (Å²) in [5, 5.41) is 8.97. The SMILES string of the molecule is O=C(O)C1[C@H]2C[C@@H]3[C@@H]1C(=O)O[C@@H]3C2. The van der Waals surface area contributed by atoms with E-state index in [1.165, 1.54) is 0 Å². The highest BCUT2D eigenvalue weighted by Crippen LogP contribution is 2.57. The van der Waals surface area contributed by atoms with Crippen LogP contribution in [-0.4, -0.2) is 23.1 Å². The summed E-state index contributed by atoms with van der Waals surface area (Å²) in [6.07, 6.45) is 1.68. The van der Waals surface area contributed by atoms with Gasteiger partial charge in [-0.3, -0.25) is 9.59 Å². The lowest BCUT2D eigenvalue weighted by Gasteiger charge is -2.19. The molecule has 0 aromatic carbocycles. The Labute approximate surface area is 74.9 Å². The first kappa shape index (κ1) is 7.35. The predicted molar refractivity (Wildman–Crippen MR) is 40.7 cm³/mol. The number of hydrogen-bond donors (Lipinski definition) is 1. The van der Waals surface area contributed by atoms with Crippen molar-refractivity contribution in [1.82, 2.24) is 0 Å². The molecule has 2 saturated carbocycles. The maximum absolute atomic E-state index is 11.3. The van der Waals surface area contributed by atoms with Crippen molar-refractivity contribution in [2.45, 2.75) is 18.9 Å². The molecule has 1 aliphatic heterocycles. The molecule has 0 spiro atoms. The Bertz CT molecular complexity index is 296. The van der Waals surface area contributed by atoms with Gasteiger partial charge in [-0.05, 0) is 18.8 Å². The molecule has 1 unspecified atom stereocenters. The first-order valence-electron chi connectivity index (χ1n) is 4.62. The summed E-state index contributed by atoms with van der Waals surface area (Å²) in [5.41, 5.74) is 0. The number of aliphatic carboxylic acids is 1. The van der Waals surface area contributed by atoms with Crippen LogP contribution in [0.2, 0.25) is 0 Å². The monoisotopic (exact) mass is 182 g/mol. The molecule has 4 nitrogen and oxygen atoms in total. The molecule has 0 amide bonds. The third kappa shape index (κ3) is 0.716. The number of carboxylic acids is 1. The molecule has 13 heavy (non-hydrogen) atoms.